The lowest BCUT2D eigenvalue weighted by molar-refractivity contribution is 0.0127. The molecule has 4 aromatic carbocycles. The number of amides is 5. The van der Waals surface area contributed by atoms with Gasteiger partial charge in [0.2, 0.25) is 10.3 Å². The number of nitrogens with zero attached hydrogens (tertiary/aromatic N) is 5. The first-order valence-electron chi connectivity index (χ1n) is 24.7. The number of rotatable bonds is 16. The van der Waals surface area contributed by atoms with Gasteiger partial charge in [-0.05, 0) is 119 Å². The molecule has 0 spiro atoms. The average Bonchev–Trinajstić information content (AvgIpc) is 4.05. The van der Waals surface area contributed by atoms with Gasteiger partial charge in [0.25, 0.3) is 0 Å². The number of urea groups is 2. The van der Waals surface area contributed by atoms with Crippen molar-refractivity contribution >= 4 is 85.7 Å². The fraction of sp³-hybridized carbons (Fsp3) is 0.415. The monoisotopic (exact) mass is 1130 g/mol. The highest BCUT2D eigenvalue weighted by molar-refractivity contribution is 7.15. The maximum absolute atomic E-state index is 12.9. The molecule has 5 N–H and O–H groups in total. The highest BCUT2D eigenvalue weighted by atomic mass is 35.5. The average molecular weight is 1140 g/mol. The van der Waals surface area contributed by atoms with Crippen molar-refractivity contribution in [3.63, 3.8) is 0 Å². The van der Waals surface area contributed by atoms with E-state index >= 15 is 0 Å². The summed E-state index contributed by atoms with van der Waals surface area (Å²) < 4.78 is 39.2. The third-order valence-corrected chi connectivity index (χ3v) is 14.5. The van der Waals surface area contributed by atoms with Crippen LogP contribution in [0.15, 0.2) is 60.7 Å². The number of anilines is 4. The van der Waals surface area contributed by atoms with Gasteiger partial charge in [-0.25, -0.2) is 14.4 Å². The smallest absolute Gasteiger partial charge is 0.410 e. The van der Waals surface area contributed by atoms with E-state index < -0.39 is 17.7 Å². The molecule has 0 aliphatic carbocycles. The molecule has 2 saturated heterocycles. The fourth-order valence-corrected chi connectivity index (χ4v) is 9.90. The first kappa shape index (κ1) is 57.8. The fourth-order valence-electron chi connectivity index (χ4n) is 8.05. The minimum atomic E-state index is -0.550. The summed E-state index contributed by atoms with van der Waals surface area (Å²) in [5.41, 5.74) is 4.06. The number of methoxy groups -OCH3 is 4. The topological polar surface area (TPSA) is 231 Å². The summed E-state index contributed by atoms with van der Waals surface area (Å²) >= 11 is 15.3. The van der Waals surface area contributed by atoms with E-state index in [0.717, 1.165) is 58.2 Å². The Bertz CT molecular complexity index is 3000. The third kappa shape index (κ3) is 16.8. The van der Waals surface area contributed by atoms with Gasteiger partial charge in [0.1, 0.15) is 39.3 Å². The molecule has 6 aromatic rings. The number of benzene rings is 4. The summed E-state index contributed by atoms with van der Waals surface area (Å²) in [5.74, 6) is 3.57. The van der Waals surface area contributed by atoms with Crippen molar-refractivity contribution in [2.24, 2.45) is 0 Å². The molecule has 0 radical (unpaired) electrons. The highest BCUT2D eigenvalue weighted by Gasteiger charge is 2.29. The molecule has 77 heavy (non-hydrogen) atoms. The van der Waals surface area contributed by atoms with E-state index in [1.165, 1.54) is 22.7 Å². The Labute approximate surface area is 465 Å². The van der Waals surface area contributed by atoms with E-state index in [9.17, 15) is 14.4 Å². The quantitative estimate of drug-likeness (QED) is 0.0607. The van der Waals surface area contributed by atoms with Crippen molar-refractivity contribution in [1.29, 1.82) is 0 Å². The van der Waals surface area contributed by atoms with Crippen LogP contribution in [0.3, 0.4) is 0 Å². The minimum absolute atomic E-state index is 0.0703. The van der Waals surface area contributed by atoms with Gasteiger partial charge in [0.15, 0.2) is 23.0 Å². The normalized spacial score (nSPS) is 13.8. The number of nitrogens with one attached hydrogen (secondary N) is 5. The molecule has 412 valence electrons. The van der Waals surface area contributed by atoms with Crippen molar-refractivity contribution in [2.75, 3.05) is 75.9 Å². The number of halogens is 2. The Morgan fingerprint density at radius 3 is 1.44 bits per heavy atom. The predicted octanol–water partition coefficient (Wildman–Crippen LogP) is 11.4. The molecular formula is C53H64Cl2N10O10S2. The number of likely N-dealkylation sites (tertiary alicyclic amines) is 1. The number of hydrogen-bond donors (Lipinski definition) is 5. The van der Waals surface area contributed by atoms with Gasteiger partial charge >= 0.3 is 18.2 Å². The van der Waals surface area contributed by atoms with Gasteiger partial charge in [-0.1, -0.05) is 58.0 Å². The second-order valence-corrected chi connectivity index (χ2v) is 21.9. The molecular weight excluding hydrogens is 1070 g/mol. The Hall–Kier alpha value is -6.85. The number of aromatic nitrogens is 4. The van der Waals surface area contributed by atoms with E-state index in [1.54, 1.807) is 57.6 Å². The number of carbonyl (C=O) groups excluding carboxylic acids is 3. The molecule has 2 fully saturated rings. The lowest BCUT2D eigenvalue weighted by Crippen LogP contribution is -2.44. The van der Waals surface area contributed by atoms with Gasteiger partial charge in [-0.3, -0.25) is 10.6 Å². The molecule has 24 heteroatoms. The number of piperidine rings is 2. The van der Waals surface area contributed by atoms with Crippen molar-refractivity contribution in [3.05, 3.63) is 103 Å². The van der Waals surface area contributed by atoms with Crippen LogP contribution in [0.4, 0.5) is 36.0 Å². The van der Waals surface area contributed by atoms with Crippen LogP contribution < -0.4 is 55.0 Å². The Kier molecular flexibility index (Phi) is 20.3. The van der Waals surface area contributed by atoms with E-state index in [-0.39, 0.29) is 18.3 Å². The lowest BCUT2D eigenvalue weighted by Gasteiger charge is -2.33. The van der Waals surface area contributed by atoms with E-state index in [4.69, 9.17) is 56.4 Å². The molecule has 0 bridgehead atoms. The minimum Gasteiger partial charge on any atom is -0.493 e. The molecule has 2 aromatic heterocycles. The van der Waals surface area contributed by atoms with Crippen LogP contribution in [-0.4, -0.2) is 116 Å². The van der Waals surface area contributed by atoms with E-state index in [1.807, 2.05) is 71.0 Å². The van der Waals surface area contributed by atoms with Crippen molar-refractivity contribution in [3.8, 4) is 34.5 Å². The van der Waals surface area contributed by atoms with Crippen LogP contribution >= 0.6 is 45.9 Å². The molecule has 2 aliphatic heterocycles. The zero-order valence-corrected chi connectivity index (χ0v) is 47.5. The number of carbonyl (C=O) groups is 3. The standard InChI is InChI=1S/C29H36ClN5O6S.C24H28ClN5O4S/c1-17-13-21(23(16-20(17)30)40-19-9-11-35(12-10-19)28(37)41-29(2,3)4)31-26(36)32-27-34-33-25(42-27)15-18-7-8-22(38-5)24(14-18)39-6;1-14-10-18(20(13-17(14)25)34-16-6-8-26-9-7-16)27-23(31)28-24-30-29-22(35-24)12-15-4-5-19(32-2)21(11-15)33-3/h7-8,13-14,16,19H,9-12,15H2,1-6H3,(H2,31,32,34,36);4-5,10-11,13,16,26H,6-9,12H2,1-3H3,(H2,27,28,30,31). The molecule has 5 amide bonds. The molecule has 8 rings (SSSR count). The van der Waals surface area contributed by atoms with E-state index in [2.05, 4.69) is 47.0 Å². The summed E-state index contributed by atoms with van der Waals surface area (Å²) in [4.78, 5) is 39.7. The van der Waals surface area contributed by atoms with Gasteiger partial charge in [-0.2, -0.15) is 0 Å². The maximum Gasteiger partial charge on any atom is 0.410 e. The number of aryl methyl sites for hydroxylation is 2. The Morgan fingerprint density at radius 2 is 1.03 bits per heavy atom. The number of hydrogen-bond acceptors (Lipinski definition) is 17. The van der Waals surface area contributed by atoms with Crippen LogP contribution in [0.1, 0.15) is 78.7 Å². The predicted molar refractivity (Wildman–Crippen MR) is 300 cm³/mol. The molecule has 0 saturated carbocycles. The van der Waals surface area contributed by atoms with Crippen molar-refractivity contribution in [2.45, 2.75) is 91.0 Å². The Morgan fingerprint density at radius 1 is 0.597 bits per heavy atom. The van der Waals surface area contributed by atoms with Crippen molar-refractivity contribution < 1.29 is 47.5 Å². The first-order chi connectivity index (χ1) is 36.9. The summed E-state index contributed by atoms with van der Waals surface area (Å²) in [5, 5.41) is 34.5. The largest absolute Gasteiger partial charge is 0.493 e. The maximum atomic E-state index is 12.9. The van der Waals surface area contributed by atoms with Crippen LogP contribution in [-0.2, 0) is 17.6 Å². The summed E-state index contributed by atoms with van der Waals surface area (Å²) in [6.07, 6.45) is 3.66. The SMILES string of the molecule is COc1ccc(Cc2nnc(NC(=O)Nc3cc(C)c(Cl)cc3OC3CCN(C(=O)OC(C)(C)C)CC3)s2)cc1OC.COc1ccc(Cc2nnc(NC(=O)Nc3cc(C)c(Cl)cc3OC3CCNCC3)s2)cc1OC. The Balaban J connectivity index is 0.000000227. The summed E-state index contributed by atoms with van der Waals surface area (Å²) in [6.45, 7) is 12.1. The highest BCUT2D eigenvalue weighted by Crippen LogP contribution is 2.36. The lowest BCUT2D eigenvalue weighted by atomic mass is 10.1. The zero-order valence-electron chi connectivity index (χ0n) is 44.4. The van der Waals surface area contributed by atoms with Crippen LogP contribution in [0.25, 0.3) is 0 Å². The molecule has 4 heterocycles. The molecule has 2 aliphatic rings. The second-order valence-electron chi connectivity index (χ2n) is 18.9. The third-order valence-electron chi connectivity index (χ3n) is 12.0. The van der Waals surface area contributed by atoms with Gasteiger partial charge in [-0.15, -0.1) is 20.4 Å². The molecule has 0 atom stereocenters. The van der Waals surface area contributed by atoms with Gasteiger partial charge in [0.05, 0.1) is 39.8 Å². The zero-order chi connectivity index (χ0) is 55.2. The van der Waals surface area contributed by atoms with Gasteiger partial charge in [0, 0.05) is 61.0 Å². The second kappa shape index (κ2) is 27.0. The summed E-state index contributed by atoms with van der Waals surface area (Å²) in [6, 6.07) is 17.4. The first-order valence-corrected chi connectivity index (χ1v) is 27.1. The molecule has 0 unspecified atom stereocenters. The van der Waals surface area contributed by atoms with Crippen LogP contribution in [0.2, 0.25) is 10.0 Å². The molecule has 20 nitrogen and oxygen atoms in total. The van der Waals surface area contributed by atoms with Gasteiger partial charge < -0.3 is 54.0 Å². The van der Waals surface area contributed by atoms with E-state index in [0.29, 0.717) is 105 Å². The van der Waals surface area contributed by atoms with Crippen LogP contribution in [0.5, 0.6) is 34.5 Å². The van der Waals surface area contributed by atoms with Crippen molar-refractivity contribution in [1.82, 2.24) is 30.6 Å². The summed E-state index contributed by atoms with van der Waals surface area (Å²) in [7, 11) is 6.36. The van der Waals surface area contributed by atoms with Crippen LogP contribution in [0, 0.1) is 13.8 Å². The number of ether oxygens (including phenoxy) is 7.